The lowest BCUT2D eigenvalue weighted by Gasteiger charge is -2.23. The summed E-state index contributed by atoms with van der Waals surface area (Å²) >= 11 is 6.09. The zero-order chi connectivity index (χ0) is 13.0. The number of methoxy groups -OCH3 is 1. The molecule has 0 saturated carbocycles. The van der Waals surface area contributed by atoms with Crippen LogP contribution in [0.5, 0.6) is 5.75 Å². The lowest BCUT2D eigenvalue weighted by Crippen LogP contribution is -2.22. The first kappa shape index (κ1) is 13.6. The van der Waals surface area contributed by atoms with E-state index in [1.807, 2.05) is 18.7 Å². The molecular weight excluding hydrogens is 242 g/mol. The average Bonchev–Trinajstić information content (AvgIpc) is 2.31. The van der Waals surface area contributed by atoms with Crippen molar-refractivity contribution in [1.29, 1.82) is 0 Å². The predicted molar refractivity (Wildman–Crippen MR) is 68.5 cm³/mol. The number of hydrogen-bond donors (Lipinski definition) is 1. The summed E-state index contributed by atoms with van der Waals surface area (Å²) in [4.78, 5) is 13.0. The molecule has 0 unspecified atom stereocenters. The molecule has 0 aromatic heterocycles. The number of anilines is 1. The number of hydrogen-bond acceptors (Lipinski definition) is 3. The van der Waals surface area contributed by atoms with Crippen molar-refractivity contribution >= 4 is 23.3 Å². The van der Waals surface area contributed by atoms with Crippen LogP contribution in [0, 0.1) is 0 Å². The van der Waals surface area contributed by atoms with Crippen molar-refractivity contribution in [3.63, 3.8) is 0 Å². The van der Waals surface area contributed by atoms with E-state index in [9.17, 15) is 4.79 Å². The Bertz CT molecular complexity index is 416. The summed E-state index contributed by atoms with van der Waals surface area (Å²) in [7, 11) is 1.45. The number of nitrogens with zero attached hydrogens (tertiary/aromatic N) is 1. The van der Waals surface area contributed by atoms with Crippen molar-refractivity contribution in [3.8, 4) is 5.75 Å². The largest absolute Gasteiger partial charge is 0.496 e. The molecule has 1 rings (SSSR count). The lowest BCUT2D eigenvalue weighted by molar-refractivity contribution is 0.0693. The Kier molecular flexibility index (Phi) is 4.63. The summed E-state index contributed by atoms with van der Waals surface area (Å²) in [5, 5.41) is 9.44. The minimum atomic E-state index is -1.05. The van der Waals surface area contributed by atoms with E-state index in [4.69, 9.17) is 21.4 Å². The first-order valence-corrected chi connectivity index (χ1v) is 5.78. The van der Waals surface area contributed by atoms with Gasteiger partial charge in [-0.25, -0.2) is 4.79 Å². The highest BCUT2D eigenvalue weighted by Crippen LogP contribution is 2.33. The maximum absolute atomic E-state index is 11.0. The van der Waals surface area contributed by atoms with Crippen LogP contribution in [0.4, 0.5) is 5.69 Å². The van der Waals surface area contributed by atoms with Gasteiger partial charge in [0.25, 0.3) is 0 Å². The summed E-state index contributed by atoms with van der Waals surface area (Å²) in [6.45, 7) is 5.62. The van der Waals surface area contributed by atoms with E-state index >= 15 is 0 Å². The van der Waals surface area contributed by atoms with Gasteiger partial charge in [-0.1, -0.05) is 11.6 Å². The molecule has 0 fully saturated rings. The molecule has 0 spiro atoms. The maximum atomic E-state index is 11.0. The maximum Gasteiger partial charge on any atom is 0.339 e. The van der Waals surface area contributed by atoms with Gasteiger partial charge in [-0.15, -0.1) is 0 Å². The second-order valence-corrected chi connectivity index (χ2v) is 3.89. The Labute approximate surface area is 106 Å². The number of benzene rings is 1. The van der Waals surface area contributed by atoms with Gasteiger partial charge in [0.15, 0.2) is 0 Å². The van der Waals surface area contributed by atoms with E-state index in [1.54, 1.807) is 6.07 Å². The first-order chi connectivity index (χ1) is 8.04. The summed E-state index contributed by atoms with van der Waals surface area (Å²) in [6.07, 6.45) is 0. The molecule has 1 N–H and O–H groups in total. The molecular formula is C12H16ClNO3. The normalized spacial score (nSPS) is 10.1. The van der Waals surface area contributed by atoms with Crippen molar-refractivity contribution in [2.45, 2.75) is 13.8 Å². The first-order valence-electron chi connectivity index (χ1n) is 5.40. The van der Waals surface area contributed by atoms with Crippen LogP contribution in [-0.2, 0) is 0 Å². The highest BCUT2D eigenvalue weighted by Gasteiger charge is 2.17. The van der Waals surface area contributed by atoms with Crippen LogP contribution in [-0.4, -0.2) is 31.3 Å². The molecule has 0 amide bonds. The van der Waals surface area contributed by atoms with Crippen LogP contribution >= 0.6 is 11.6 Å². The third-order valence-electron chi connectivity index (χ3n) is 2.60. The predicted octanol–water partition coefficient (Wildman–Crippen LogP) is 2.89. The Balaban J connectivity index is 3.31. The molecule has 17 heavy (non-hydrogen) atoms. The number of carboxylic acid groups (broad SMARTS) is 1. The van der Waals surface area contributed by atoms with Gasteiger partial charge >= 0.3 is 5.97 Å². The second kappa shape index (κ2) is 5.77. The standard InChI is InChI=1S/C12H16ClNO3/c1-4-14(5-2)10-7-11(17-3)8(12(15)16)6-9(10)13/h6-7H,4-5H2,1-3H3,(H,15,16). The van der Waals surface area contributed by atoms with E-state index in [0.717, 1.165) is 18.8 Å². The summed E-state index contributed by atoms with van der Waals surface area (Å²) in [5.41, 5.74) is 0.868. The molecule has 0 aliphatic rings. The lowest BCUT2D eigenvalue weighted by atomic mass is 10.1. The zero-order valence-electron chi connectivity index (χ0n) is 10.2. The second-order valence-electron chi connectivity index (χ2n) is 3.48. The van der Waals surface area contributed by atoms with E-state index in [2.05, 4.69) is 0 Å². The number of halogens is 1. The number of rotatable bonds is 5. The van der Waals surface area contributed by atoms with E-state index in [1.165, 1.54) is 13.2 Å². The van der Waals surface area contributed by atoms with Gasteiger partial charge in [0.05, 0.1) is 17.8 Å². The highest BCUT2D eigenvalue weighted by atomic mass is 35.5. The van der Waals surface area contributed by atoms with Gasteiger partial charge in [-0.2, -0.15) is 0 Å². The van der Waals surface area contributed by atoms with Crippen molar-refractivity contribution in [1.82, 2.24) is 0 Å². The van der Waals surface area contributed by atoms with Gasteiger partial charge in [0.1, 0.15) is 11.3 Å². The van der Waals surface area contributed by atoms with Crippen LogP contribution < -0.4 is 9.64 Å². The van der Waals surface area contributed by atoms with Crippen LogP contribution in [0.15, 0.2) is 12.1 Å². The van der Waals surface area contributed by atoms with E-state index in [0.29, 0.717) is 10.8 Å². The molecule has 0 aliphatic carbocycles. The molecule has 94 valence electrons. The average molecular weight is 258 g/mol. The molecule has 1 aromatic rings. The molecule has 1 aromatic carbocycles. The number of aromatic carboxylic acids is 1. The molecule has 0 heterocycles. The van der Waals surface area contributed by atoms with Gasteiger partial charge in [-0.05, 0) is 19.9 Å². The molecule has 0 atom stereocenters. The van der Waals surface area contributed by atoms with E-state index < -0.39 is 5.97 Å². The van der Waals surface area contributed by atoms with Gasteiger partial charge in [-0.3, -0.25) is 0 Å². The smallest absolute Gasteiger partial charge is 0.339 e. The number of carbonyl (C=O) groups is 1. The quantitative estimate of drug-likeness (QED) is 0.881. The molecule has 0 bridgehead atoms. The van der Waals surface area contributed by atoms with Crippen molar-refractivity contribution < 1.29 is 14.6 Å². The molecule has 4 nitrogen and oxygen atoms in total. The fraction of sp³-hybridized carbons (Fsp3) is 0.417. The molecule has 5 heteroatoms. The van der Waals surface area contributed by atoms with Crippen LogP contribution in [0.2, 0.25) is 5.02 Å². The summed E-state index contributed by atoms with van der Waals surface area (Å²) in [6, 6.07) is 3.09. The minimum Gasteiger partial charge on any atom is -0.496 e. The Morgan fingerprint density at radius 1 is 1.41 bits per heavy atom. The van der Waals surface area contributed by atoms with Gasteiger partial charge in [0, 0.05) is 19.2 Å². The molecule has 0 aliphatic heterocycles. The summed E-state index contributed by atoms with van der Waals surface area (Å²) < 4.78 is 5.08. The van der Waals surface area contributed by atoms with Crippen LogP contribution in [0.25, 0.3) is 0 Å². The fourth-order valence-corrected chi connectivity index (χ4v) is 1.97. The minimum absolute atomic E-state index is 0.0772. The third-order valence-corrected chi connectivity index (χ3v) is 2.91. The Morgan fingerprint density at radius 2 is 2.00 bits per heavy atom. The highest BCUT2D eigenvalue weighted by molar-refractivity contribution is 6.33. The van der Waals surface area contributed by atoms with Crippen molar-refractivity contribution in [2.24, 2.45) is 0 Å². The van der Waals surface area contributed by atoms with Crippen molar-refractivity contribution in [3.05, 3.63) is 22.7 Å². The third kappa shape index (κ3) is 2.82. The Hall–Kier alpha value is -1.42. The topological polar surface area (TPSA) is 49.8 Å². The van der Waals surface area contributed by atoms with E-state index in [-0.39, 0.29) is 5.56 Å². The van der Waals surface area contributed by atoms with Crippen LogP contribution in [0.1, 0.15) is 24.2 Å². The fourth-order valence-electron chi connectivity index (χ4n) is 1.69. The molecule has 0 saturated heterocycles. The Morgan fingerprint density at radius 3 is 2.41 bits per heavy atom. The van der Waals surface area contributed by atoms with Crippen LogP contribution in [0.3, 0.4) is 0 Å². The number of ether oxygens (including phenoxy) is 1. The molecule has 0 radical (unpaired) electrons. The summed E-state index contributed by atoms with van der Waals surface area (Å²) in [5.74, 6) is -0.723. The monoisotopic (exact) mass is 257 g/mol. The van der Waals surface area contributed by atoms with Gasteiger partial charge < -0.3 is 14.7 Å². The SMILES string of the molecule is CCN(CC)c1cc(OC)c(C(=O)O)cc1Cl. The van der Waals surface area contributed by atoms with Gasteiger partial charge in [0.2, 0.25) is 0 Å². The number of carboxylic acids is 1. The van der Waals surface area contributed by atoms with Crippen molar-refractivity contribution in [2.75, 3.05) is 25.1 Å². The zero-order valence-corrected chi connectivity index (χ0v) is 10.9.